The molecule has 6 heteroatoms. The van der Waals surface area contributed by atoms with Gasteiger partial charge in [0.25, 0.3) is 0 Å². The standard InChI is InChI=1S/C13H16N2O3S/c1-7-12(15-13(14)19-7)8-5-10(17-3)11(18-4)6-9(8)16-2/h5-6H,1-4H3,(H2,14,15). The summed E-state index contributed by atoms with van der Waals surface area (Å²) < 4.78 is 16.0. The SMILES string of the molecule is COc1cc(OC)c(-c2nc(N)sc2C)cc1OC. The van der Waals surface area contributed by atoms with Crippen LogP contribution in [-0.4, -0.2) is 26.3 Å². The van der Waals surface area contributed by atoms with Crippen molar-refractivity contribution in [1.82, 2.24) is 4.98 Å². The molecule has 2 aromatic rings. The van der Waals surface area contributed by atoms with Gasteiger partial charge in [-0.05, 0) is 13.0 Å². The number of hydrogen-bond acceptors (Lipinski definition) is 6. The van der Waals surface area contributed by atoms with E-state index < -0.39 is 0 Å². The number of rotatable bonds is 4. The van der Waals surface area contributed by atoms with Gasteiger partial charge in [0.05, 0.1) is 27.0 Å². The first-order valence-corrected chi connectivity index (χ1v) is 6.45. The largest absolute Gasteiger partial charge is 0.496 e. The quantitative estimate of drug-likeness (QED) is 0.932. The minimum Gasteiger partial charge on any atom is -0.496 e. The molecule has 19 heavy (non-hydrogen) atoms. The van der Waals surface area contributed by atoms with Crippen LogP contribution in [0.1, 0.15) is 4.88 Å². The monoisotopic (exact) mass is 280 g/mol. The van der Waals surface area contributed by atoms with E-state index in [4.69, 9.17) is 19.9 Å². The fraction of sp³-hybridized carbons (Fsp3) is 0.308. The summed E-state index contributed by atoms with van der Waals surface area (Å²) in [7, 11) is 4.79. The Balaban J connectivity index is 2.64. The van der Waals surface area contributed by atoms with Gasteiger partial charge in [-0.25, -0.2) is 4.98 Å². The molecule has 1 aromatic heterocycles. The van der Waals surface area contributed by atoms with Gasteiger partial charge in [-0.2, -0.15) is 0 Å². The van der Waals surface area contributed by atoms with E-state index in [1.54, 1.807) is 27.4 Å². The summed E-state index contributed by atoms with van der Waals surface area (Å²) in [6.45, 7) is 1.97. The molecule has 0 bridgehead atoms. The van der Waals surface area contributed by atoms with E-state index in [0.29, 0.717) is 22.4 Å². The van der Waals surface area contributed by atoms with Crippen LogP contribution < -0.4 is 19.9 Å². The van der Waals surface area contributed by atoms with Crippen molar-refractivity contribution in [2.45, 2.75) is 6.92 Å². The van der Waals surface area contributed by atoms with Crippen molar-refractivity contribution in [3.05, 3.63) is 17.0 Å². The zero-order valence-corrected chi connectivity index (χ0v) is 12.1. The van der Waals surface area contributed by atoms with Crippen molar-refractivity contribution in [3.63, 3.8) is 0 Å². The molecule has 2 rings (SSSR count). The summed E-state index contributed by atoms with van der Waals surface area (Å²) in [6.07, 6.45) is 0. The maximum atomic E-state index is 5.75. The third-order valence-corrected chi connectivity index (χ3v) is 3.57. The normalized spacial score (nSPS) is 10.3. The molecule has 0 aliphatic heterocycles. The molecule has 0 saturated heterocycles. The molecule has 102 valence electrons. The molecule has 0 amide bonds. The summed E-state index contributed by atoms with van der Waals surface area (Å²) in [5, 5.41) is 0.532. The Kier molecular flexibility index (Phi) is 3.80. The Morgan fingerprint density at radius 1 is 1.00 bits per heavy atom. The molecule has 0 spiro atoms. The second kappa shape index (κ2) is 5.36. The molecule has 1 aromatic carbocycles. The topological polar surface area (TPSA) is 66.6 Å². The van der Waals surface area contributed by atoms with E-state index in [9.17, 15) is 0 Å². The van der Waals surface area contributed by atoms with Crippen LogP contribution in [0, 0.1) is 6.92 Å². The maximum Gasteiger partial charge on any atom is 0.180 e. The van der Waals surface area contributed by atoms with Gasteiger partial charge in [0.2, 0.25) is 0 Å². The van der Waals surface area contributed by atoms with Crippen LogP contribution in [0.4, 0.5) is 5.13 Å². The summed E-state index contributed by atoms with van der Waals surface area (Å²) in [5.41, 5.74) is 7.39. The van der Waals surface area contributed by atoms with Crippen LogP contribution in [0.3, 0.4) is 0 Å². The van der Waals surface area contributed by atoms with Gasteiger partial charge in [0.15, 0.2) is 16.6 Å². The highest BCUT2D eigenvalue weighted by molar-refractivity contribution is 7.15. The lowest BCUT2D eigenvalue weighted by molar-refractivity contribution is 0.349. The lowest BCUT2D eigenvalue weighted by Crippen LogP contribution is -1.95. The minimum absolute atomic E-state index is 0.532. The number of aryl methyl sites for hydroxylation is 1. The highest BCUT2D eigenvalue weighted by atomic mass is 32.1. The van der Waals surface area contributed by atoms with Crippen LogP contribution in [-0.2, 0) is 0 Å². The Bertz CT molecular complexity index is 596. The van der Waals surface area contributed by atoms with Crippen molar-refractivity contribution in [3.8, 4) is 28.5 Å². The molecule has 0 radical (unpaired) electrons. The highest BCUT2D eigenvalue weighted by Crippen LogP contribution is 2.41. The Morgan fingerprint density at radius 2 is 1.58 bits per heavy atom. The van der Waals surface area contributed by atoms with Gasteiger partial charge < -0.3 is 19.9 Å². The number of anilines is 1. The molecule has 0 aliphatic rings. The third-order valence-electron chi connectivity index (χ3n) is 2.77. The van der Waals surface area contributed by atoms with E-state index in [1.807, 2.05) is 13.0 Å². The van der Waals surface area contributed by atoms with Crippen LogP contribution >= 0.6 is 11.3 Å². The zero-order chi connectivity index (χ0) is 14.0. The molecule has 0 fully saturated rings. The number of nitrogen functional groups attached to an aromatic ring is 1. The maximum absolute atomic E-state index is 5.75. The number of benzene rings is 1. The van der Waals surface area contributed by atoms with E-state index in [1.165, 1.54) is 11.3 Å². The van der Waals surface area contributed by atoms with Crippen LogP contribution in [0.25, 0.3) is 11.3 Å². The van der Waals surface area contributed by atoms with Crippen molar-refractivity contribution < 1.29 is 14.2 Å². The predicted molar refractivity (Wildman–Crippen MR) is 76.4 cm³/mol. The third kappa shape index (κ3) is 2.44. The van der Waals surface area contributed by atoms with Crippen molar-refractivity contribution in [1.29, 1.82) is 0 Å². The van der Waals surface area contributed by atoms with Crippen molar-refractivity contribution >= 4 is 16.5 Å². The molecule has 0 atom stereocenters. The molecule has 2 N–H and O–H groups in total. The van der Waals surface area contributed by atoms with Gasteiger partial charge in [0.1, 0.15) is 5.75 Å². The number of methoxy groups -OCH3 is 3. The van der Waals surface area contributed by atoms with Gasteiger partial charge in [-0.3, -0.25) is 0 Å². The highest BCUT2D eigenvalue weighted by Gasteiger charge is 2.17. The van der Waals surface area contributed by atoms with E-state index in [2.05, 4.69) is 4.98 Å². The van der Waals surface area contributed by atoms with E-state index in [0.717, 1.165) is 16.1 Å². The first-order valence-electron chi connectivity index (χ1n) is 5.64. The van der Waals surface area contributed by atoms with Crippen LogP contribution in [0.2, 0.25) is 0 Å². The summed E-state index contributed by atoms with van der Waals surface area (Å²) in [4.78, 5) is 5.37. The zero-order valence-electron chi connectivity index (χ0n) is 11.3. The fourth-order valence-corrected chi connectivity index (χ4v) is 2.58. The minimum atomic E-state index is 0.532. The second-order valence-electron chi connectivity index (χ2n) is 3.86. The first kappa shape index (κ1) is 13.5. The molecule has 0 unspecified atom stereocenters. The lowest BCUT2D eigenvalue weighted by atomic mass is 10.1. The van der Waals surface area contributed by atoms with Crippen molar-refractivity contribution in [2.24, 2.45) is 0 Å². The van der Waals surface area contributed by atoms with Gasteiger partial charge in [0, 0.05) is 16.5 Å². The summed E-state index contributed by atoms with van der Waals surface area (Å²) in [5.74, 6) is 1.92. The van der Waals surface area contributed by atoms with Crippen LogP contribution in [0.5, 0.6) is 17.2 Å². The number of hydrogen-bond donors (Lipinski definition) is 1. The molecule has 0 saturated carbocycles. The molecular formula is C13H16N2O3S. The number of thiazole rings is 1. The Hall–Kier alpha value is -1.95. The average molecular weight is 280 g/mol. The number of nitrogens with two attached hydrogens (primary N) is 1. The number of nitrogens with zero attached hydrogens (tertiary/aromatic N) is 1. The number of aromatic nitrogens is 1. The summed E-state index contributed by atoms with van der Waals surface area (Å²) >= 11 is 1.45. The Morgan fingerprint density at radius 3 is 2.05 bits per heavy atom. The number of ether oxygens (including phenoxy) is 3. The van der Waals surface area contributed by atoms with Crippen molar-refractivity contribution in [2.75, 3.05) is 27.1 Å². The lowest BCUT2D eigenvalue weighted by Gasteiger charge is -2.13. The van der Waals surface area contributed by atoms with E-state index in [-0.39, 0.29) is 0 Å². The Labute approximate surface area is 115 Å². The van der Waals surface area contributed by atoms with E-state index >= 15 is 0 Å². The van der Waals surface area contributed by atoms with Gasteiger partial charge in [-0.15, -0.1) is 11.3 Å². The van der Waals surface area contributed by atoms with Gasteiger partial charge >= 0.3 is 0 Å². The van der Waals surface area contributed by atoms with Gasteiger partial charge in [-0.1, -0.05) is 0 Å². The predicted octanol–water partition coefficient (Wildman–Crippen LogP) is 2.73. The molecular weight excluding hydrogens is 264 g/mol. The second-order valence-corrected chi connectivity index (χ2v) is 5.10. The molecule has 1 heterocycles. The smallest absolute Gasteiger partial charge is 0.180 e. The fourth-order valence-electron chi connectivity index (χ4n) is 1.88. The average Bonchev–Trinajstić information content (AvgIpc) is 2.75. The molecule has 5 nitrogen and oxygen atoms in total. The molecule has 0 aliphatic carbocycles. The van der Waals surface area contributed by atoms with Crippen LogP contribution in [0.15, 0.2) is 12.1 Å². The summed E-state index contributed by atoms with van der Waals surface area (Å²) in [6, 6.07) is 3.63. The first-order chi connectivity index (χ1) is 9.10.